The molecule has 2 saturated carbocycles. The first-order valence-electron chi connectivity index (χ1n) is 11.2. The lowest BCUT2D eigenvalue weighted by Gasteiger charge is -2.16. The predicted octanol–water partition coefficient (Wildman–Crippen LogP) is 6.39. The van der Waals surface area contributed by atoms with Gasteiger partial charge in [-0.05, 0) is 41.3 Å². The molecule has 0 aliphatic heterocycles. The lowest BCUT2D eigenvalue weighted by atomic mass is 9.90. The summed E-state index contributed by atoms with van der Waals surface area (Å²) in [7, 11) is 0. The third-order valence-electron chi connectivity index (χ3n) is 6.21. The lowest BCUT2D eigenvalue weighted by molar-refractivity contribution is -0.142. The van der Waals surface area contributed by atoms with Crippen LogP contribution < -0.4 is 0 Å². The van der Waals surface area contributed by atoms with Crippen molar-refractivity contribution in [3.05, 3.63) is 46.7 Å². The van der Waals surface area contributed by atoms with Crippen LogP contribution in [0.2, 0.25) is 0 Å². The second-order valence-corrected chi connectivity index (χ2v) is 9.38. The molecule has 2 aliphatic rings. The zero-order valence-electron chi connectivity index (χ0n) is 17.8. The molecule has 5 nitrogen and oxygen atoms in total. The van der Waals surface area contributed by atoms with Crippen molar-refractivity contribution in [3.63, 3.8) is 0 Å². The zero-order valence-corrected chi connectivity index (χ0v) is 18.7. The number of carboxylic acids is 1. The minimum atomic E-state index is -0.602. The number of carbonyl (C=O) groups is 2. The van der Waals surface area contributed by atoms with Crippen molar-refractivity contribution in [3.8, 4) is 11.1 Å². The maximum absolute atomic E-state index is 12.4. The Morgan fingerprint density at radius 2 is 1.58 bits per heavy atom. The molecule has 0 spiro atoms. The fraction of sp³-hybridized carbons (Fsp3) is 0.480. The smallest absolute Gasteiger partial charge is 0.306 e. The number of hydrogen-bond donors (Lipinski definition) is 2. The molecule has 2 N–H and O–H groups in total. The van der Waals surface area contributed by atoms with E-state index in [-0.39, 0.29) is 17.4 Å². The molecule has 0 radical (unpaired) electrons. The maximum atomic E-state index is 12.4. The van der Waals surface area contributed by atoms with E-state index in [4.69, 9.17) is 5.11 Å². The summed E-state index contributed by atoms with van der Waals surface area (Å²) >= 11 is 1.45. The van der Waals surface area contributed by atoms with E-state index < -0.39 is 5.97 Å². The topological polar surface area (TPSA) is 87.0 Å². The van der Waals surface area contributed by atoms with Crippen LogP contribution in [0.3, 0.4) is 0 Å². The highest BCUT2D eigenvalue weighted by molar-refractivity contribution is 7.13. The van der Waals surface area contributed by atoms with E-state index in [1.807, 2.05) is 41.8 Å². The molecule has 4 rings (SSSR count). The molecular weight excluding hydrogens is 410 g/mol. The van der Waals surface area contributed by atoms with Gasteiger partial charge in [-0.2, -0.15) is 0 Å². The van der Waals surface area contributed by atoms with Crippen LogP contribution in [0.5, 0.6) is 0 Å². The number of ketones is 1. The first kappa shape index (κ1) is 23.2. The third-order valence-corrected chi connectivity index (χ3v) is 7.14. The van der Waals surface area contributed by atoms with Crippen molar-refractivity contribution >= 4 is 28.8 Å². The summed E-state index contributed by atoms with van der Waals surface area (Å²) in [6.45, 7) is 0. The van der Waals surface area contributed by atoms with Crippen molar-refractivity contribution in [1.29, 1.82) is 0 Å². The second-order valence-electron chi connectivity index (χ2n) is 8.47. The average Bonchev–Trinajstić information content (AvgIpc) is 3.49. The highest BCUT2D eigenvalue weighted by Crippen LogP contribution is 2.30. The van der Waals surface area contributed by atoms with E-state index in [2.05, 4.69) is 5.16 Å². The predicted molar refractivity (Wildman–Crippen MR) is 124 cm³/mol. The van der Waals surface area contributed by atoms with Crippen LogP contribution in [0.15, 0.2) is 46.9 Å². The van der Waals surface area contributed by atoms with Crippen molar-refractivity contribution in [2.24, 2.45) is 17.0 Å². The highest BCUT2D eigenvalue weighted by atomic mass is 32.1. The Labute approximate surface area is 187 Å². The standard InChI is InChI=1S/C18H19NO2S.C7H12O2/c20-16(10-13-6-4-5-7-13)18(19-21)17-11-15(12-22-17)14-8-2-1-3-9-14;8-7(9)6-4-2-1-3-5-6/h1-3,8-9,11-13,21H,4-7,10H2;6H,1-5H2,(H,8,9). The van der Waals surface area contributed by atoms with Crippen LogP contribution in [0.1, 0.15) is 69.1 Å². The molecular formula is C25H31NO4S. The fourth-order valence-electron chi connectivity index (χ4n) is 4.41. The first-order valence-corrected chi connectivity index (χ1v) is 12.1. The molecule has 0 bridgehead atoms. The fourth-order valence-corrected chi connectivity index (χ4v) is 5.33. The number of carboxylic acid groups (broad SMARTS) is 1. The molecule has 2 fully saturated rings. The number of oxime groups is 1. The van der Waals surface area contributed by atoms with Gasteiger partial charge in [0, 0.05) is 6.42 Å². The Morgan fingerprint density at radius 3 is 2.16 bits per heavy atom. The monoisotopic (exact) mass is 441 g/mol. The van der Waals surface area contributed by atoms with Gasteiger partial charge in [0.15, 0.2) is 11.5 Å². The van der Waals surface area contributed by atoms with E-state index in [1.54, 1.807) is 0 Å². The van der Waals surface area contributed by atoms with Crippen molar-refractivity contribution in [1.82, 2.24) is 0 Å². The largest absolute Gasteiger partial charge is 0.481 e. The molecule has 0 atom stereocenters. The maximum Gasteiger partial charge on any atom is 0.306 e. The number of Topliss-reactive ketones (excluding diaryl/α,β-unsaturated/α-hetero) is 1. The van der Waals surface area contributed by atoms with Gasteiger partial charge < -0.3 is 10.3 Å². The molecule has 31 heavy (non-hydrogen) atoms. The molecule has 6 heteroatoms. The minimum Gasteiger partial charge on any atom is -0.481 e. The zero-order chi connectivity index (χ0) is 22.1. The van der Waals surface area contributed by atoms with Crippen LogP contribution in [0, 0.1) is 11.8 Å². The second kappa shape index (κ2) is 11.8. The van der Waals surface area contributed by atoms with Gasteiger partial charge in [0.2, 0.25) is 0 Å². The number of hydrogen-bond acceptors (Lipinski definition) is 5. The average molecular weight is 442 g/mol. The van der Waals surface area contributed by atoms with Gasteiger partial charge in [-0.3, -0.25) is 9.59 Å². The molecule has 0 amide bonds. The van der Waals surface area contributed by atoms with Crippen LogP contribution in [0.4, 0.5) is 0 Å². The summed E-state index contributed by atoms with van der Waals surface area (Å²) in [5.74, 6) is -0.220. The van der Waals surface area contributed by atoms with E-state index in [9.17, 15) is 14.8 Å². The van der Waals surface area contributed by atoms with Crippen LogP contribution in [-0.4, -0.2) is 27.8 Å². The summed E-state index contributed by atoms with van der Waals surface area (Å²) < 4.78 is 0. The quantitative estimate of drug-likeness (QED) is 0.309. The Kier molecular flexibility index (Phi) is 8.83. The minimum absolute atomic E-state index is 0.0289. The van der Waals surface area contributed by atoms with Crippen LogP contribution >= 0.6 is 11.3 Å². The lowest BCUT2D eigenvalue weighted by Crippen LogP contribution is -2.17. The van der Waals surface area contributed by atoms with Gasteiger partial charge >= 0.3 is 5.97 Å². The number of nitrogens with zero attached hydrogens (tertiary/aromatic N) is 1. The Balaban J connectivity index is 0.000000254. The molecule has 1 heterocycles. The highest BCUT2D eigenvalue weighted by Gasteiger charge is 2.24. The number of benzene rings is 1. The van der Waals surface area contributed by atoms with Gasteiger partial charge in [0.1, 0.15) is 0 Å². The Bertz CT molecular complexity index is 878. The first-order chi connectivity index (χ1) is 15.1. The number of thiophene rings is 1. The molecule has 0 saturated heterocycles. The van der Waals surface area contributed by atoms with E-state index in [0.717, 1.165) is 54.5 Å². The summed E-state index contributed by atoms with van der Waals surface area (Å²) in [6.07, 6.45) is 10.4. The molecule has 1 aromatic heterocycles. The van der Waals surface area contributed by atoms with Crippen molar-refractivity contribution in [2.45, 2.75) is 64.2 Å². The van der Waals surface area contributed by atoms with E-state index in [1.165, 1.54) is 30.6 Å². The summed E-state index contributed by atoms with van der Waals surface area (Å²) in [5.41, 5.74) is 2.36. The van der Waals surface area contributed by atoms with Gasteiger partial charge in [-0.1, -0.05) is 80.4 Å². The Morgan fingerprint density at radius 1 is 0.935 bits per heavy atom. The van der Waals surface area contributed by atoms with Gasteiger partial charge in [0.05, 0.1) is 10.8 Å². The summed E-state index contributed by atoms with van der Waals surface area (Å²) in [4.78, 5) is 23.5. The number of rotatable bonds is 6. The van der Waals surface area contributed by atoms with Gasteiger partial charge in [-0.25, -0.2) is 0 Å². The van der Waals surface area contributed by atoms with Gasteiger partial charge in [0.25, 0.3) is 0 Å². The van der Waals surface area contributed by atoms with E-state index in [0.29, 0.717) is 12.3 Å². The molecule has 166 valence electrons. The molecule has 2 aliphatic carbocycles. The normalized spacial score (nSPS) is 17.7. The van der Waals surface area contributed by atoms with Crippen LogP contribution in [-0.2, 0) is 9.59 Å². The Hall–Kier alpha value is -2.47. The number of aliphatic carboxylic acids is 1. The molecule has 0 unspecified atom stereocenters. The van der Waals surface area contributed by atoms with Gasteiger partial charge in [-0.15, -0.1) is 11.3 Å². The third kappa shape index (κ3) is 6.76. The van der Waals surface area contributed by atoms with Crippen molar-refractivity contribution in [2.75, 3.05) is 0 Å². The molecule has 2 aromatic rings. The molecule has 1 aromatic carbocycles. The summed E-state index contributed by atoms with van der Waals surface area (Å²) in [5, 5.41) is 23.1. The SMILES string of the molecule is O=C(CC1CCCC1)C(=NO)c1cc(-c2ccccc2)cs1.O=C(O)C1CCCCC1. The summed E-state index contributed by atoms with van der Waals surface area (Å²) in [6, 6.07) is 11.9. The van der Waals surface area contributed by atoms with E-state index >= 15 is 0 Å². The number of carbonyl (C=O) groups excluding carboxylic acids is 1. The van der Waals surface area contributed by atoms with Crippen molar-refractivity contribution < 1.29 is 19.9 Å². The van der Waals surface area contributed by atoms with Crippen LogP contribution in [0.25, 0.3) is 11.1 Å².